The van der Waals surface area contributed by atoms with Gasteiger partial charge in [-0.3, -0.25) is 0 Å². The van der Waals surface area contributed by atoms with Crippen molar-refractivity contribution < 1.29 is 0 Å². The second-order valence-electron chi connectivity index (χ2n) is 2.70. The Kier molecular flexibility index (Phi) is 4.34. The molecule has 1 aromatic rings. The molecule has 0 fully saturated rings. The van der Waals surface area contributed by atoms with Crippen molar-refractivity contribution >= 4 is 11.8 Å². The zero-order valence-corrected chi connectivity index (χ0v) is 8.47. The topological polar surface area (TPSA) is 36.7 Å². The van der Waals surface area contributed by atoms with Crippen molar-refractivity contribution in [2.45, 2.75) is 24.8 Å². The lowest BCUT2D eigenvalue weighted by molar-refractivity contribution is 0.894. The van der Waals surface area contributed by atoms with Gasteiger partial charge in [-0.05, 0) is 24.3 Å². The molecule has 2 nitrogen and oxygen atoms in total. The first-order chi connectivity index (χ1) is 6.36. The van der Waals surface area contributed by atoms with Crippen molar-refractivity contribution in [1.82, 2.24) is 4.98 Å². The van der Waals surface area contributed by atoms with Crippen LogP contribution in [0.4, 0.5) is 0 Å². The van der Waals surface area contributed by atoms with Crippen LogP contribution in [0.25, 0.3) is 0 Å². The van der Waals surface area contributed by atoms with E-state index < -0.39 is 0 Å². The Morgan fingerprint density at radius 1 is 1.54 bits per heavy atom. The highest BCUT2D eigenvalue weighted by Gasteiger charge is 1.95. The van der Waals surface area contributed by atoms with Gasteiger partial charge in [0.15, 0.2) is 0 Å². The van der Waals surface area contributed by atoms with Gasteiger partial charge < -0.3 is 0 Å². The van der Waals surface area contributed by atoms with E-state index in [1.54, 1.807) is 24.0 Å². The molecule has 0 saturated heterocycles. The van der Waals surface area contributed by atoms with Gasteiger partial charge in [0.05, 0.1) is 10.6 Å². The van der Waals surface area contributed by atoms with Gasteiger partial charge in [0.1, 0.15) is 6.07 Å². The molecule has 0 amide bonds. The maximum atomic E-state index is 8.55. The van der Waals surface area contributed by atoms with Crippen LogP contribution in [0, 0.1) is 11.3 Å². The number of nitrogens with zero attached hydrogens (tertiary/aromatic N) is 2. The lowest BCUT2D eigenvalue weighted by atomic mass is 10.3. The number of rotatable bonds is 4. The lowest BCUT2D eigenvalue weighted by Crippen LogP contribution is -1.83. The fraction of sp³-hybridized carbons (Fsp3) is 0.400. The van der Waals surface area contributed by atoms with Gasteiger partial charge in [-0.15, -0.1) is 11.8 Å². The molecule has 1 rings (SSSR count). The molecule has 0 aliphatic carbocycles. The van der Waals surface area contributed by atoms with E-state index in [0.29, 0.717) is 5.56 Å². The number of thioether (sulfide) groups is 1. The van der Waals surface area contributed by atoms with E-state index in [0.717, 1.165) is 10.8 Å². The molecule has 0 aliphatic heterocycles. The van der Waals surface area contributed by atoms with E-state index in [1.807, 2.05) is 12.1 Å². The summed E-state index contributed by atoms with van der Waals surface area (Å²) >= 11 is 1.74. The SMILES string of the molecule is CCCCSc1ccc(C#N)cn1. The number of aromatic nitrogens is 1. The summed E-state index contributed by atoms with van der Waals surface area (Å²) in [4.78, 5) is 4.16. The molecular formula is C10H12N2S. The predicted molar refractivity (Wildman–Crippen MR) is 54.6 cm³/mol. The molecule has 0 aromatic carbocycles. The minimum atomic E-state index is 0.625. The van der Waals surface area contributed by atoms with E-state index in [4.69, 9.17) is 5.26 Å². The largest absolute Gasteiger partial charge is 0.249 e. The Morgan fingerprint density at radius 2 is 2.38 bits per heavy atom. The van der Waals surface area contributed by atoms with Crippen molar-refractivity contribution in [3.05, 3.63) is 23.9 Å². The zero-order valence-electron chi connectivity index (χ0n) is 7.66. The average molecular weight is 192 g/mol. The van der Waals surface area contributed by atoms with E-state index >= 15 is 0 Å². The van der Waals surface area contributed by atoms with E-state index in [9.17, 15) is 0 Å². The van der Waals surface area contributed by atoms with Gasteiger partial charge >= 0.3 is 0 Å². The first-order valence-corrected chi connectivity index (χ1v) is 5.34. The fourth-order valence-corrected chi connectivity index (χ4v) is 1.79. The van der Waals surface area contributed by atoms with Crippen LogP contribution in [0.2, 0.25) is 0 Å². The first kappa shape index (κ1) is 10.1. The molecule has 0 spiro atoms. The van der Waals surface area contributed by atoms with Gasteiger partial charge in [-0.1, -0.05) is 13.3 Å². The van der Waals surface area contributed by atoms with Gasteiger partial charge in [-0.2, -0.15) is 5.26 Å². The quantitative estimate of drug-likeness (QED) is 0.543. The van der Waals surface area contributed by atoms with Gasteiger partial charge in [0.2, 0.25) is 0 Å². The highest BCUT2D eigenvalue weighted by molar-refractivity contribution is 7.99. The molecule has 3 heteroatoms. The van der Waals surface area contributed by atoms with Crippen LogP contribution in [0.5, 0.6) is 0 Å². The van der Waals surface area contributed by atoms with Crippen LogP contribution in [0.1, 0.15) is 25.3 Å². The predicted octanol–water partition coefficient (Wildman–Crippen LogP) is 2.85. The summed E-state index contributed by atoms with van der Waals surface area (Å²) in [7, 11) is 0. The zero-order chi connectivity index (χ0) is 9.52. The van der Waals surface area contributed by atoms with E-state index in [-0.39, 0.29) is 0 Å². The van der Waals surface area contributed by atoms with Crippen LogP contribution in [-0.4, -0.2) is 10.7 Å². The van der Waals surface area contributed by atoms with Crippen molar-refractivity contribution in [3.63, 3.8) is 0 Å². The van der Waals surface area contributed by atoms with Gasteiger partial charge in [0, 0.05) is 6.20 Å². The monoisotopic (exact) mass is 192 g/mol. The Bertz CT molecular complexity index is 287. The fourth-order valence-electron chi connectivity index (χ4n) is 0.853. The highest BCUT2D eigenvalue weighted by atomic mass is 32.2. The summed E-state index contributed by atoms with van der Waals surface area (Å²) in [5.41, 5.74) is 0.625. The number of unbranched alkanes of at least 4 members (excludes halogenated alkanes) is 1. The number of hydrogen-bond acceptors (Lipinski definition) is 3. The minimum absolute atomic E-state index is 0.625. The van der Waals surface area contributed by atoms with E-state index in [1.165, 1.54) is 12.8 Å². The maximum absolute atomic E-state index is 8.55. The normalized spacial score (nSPS) is 9.54. The maximum Gasteiger partial charge on any atom is 0.101 e. The second kappa shape index (κ2) is 5.60. The summed E-state index contributed by atoms with van der Waals surface area (Å²) in [6.07, 6.45) is 4.05. The third-order valence-corrected chi connectivity index (χ3v) is 2.64. The van der Waals surface area contributed by atoms with Crippen molar-refractivity contribution in [2.75, 3.05) is 5.75 Å². The Morgan fingerprint density at radius 3 is 2.92 bits per heavy atom. The molecule has 13 heavy (non-hydrogen) atoms. The van der Waals surface area contributed by atoms with Crippen LogP contribution < -0.4 is 0 Å². The molecule has 1 heterocycles. The first-order valence-electron chi connectivity index (χ1n) is 4.35. The van der Waals surface area contributed by atoms with E-state index in [2.05, 4.69) is 11.9 Å². The lowest BCUT2D eigenvalue weighted by Gasteiger charge is -1.98. The number of hydrogen-bond donors (Lipinski definition) is 0. The third kappa shape index (κ3) is 3.47. The molecular weight excluding hydrogens is 180 g/mol. The Labute approximate surface area is 83.0 Å². The van der Waals surface area contributed by atoms with Crippen LogP contribution in [0.15, 0.2) is 23.4 Å². The van der Waals surface area contributed by atoms with Crippen LogP contribution >= 0.6 is 11.8 Å². The summed E-state index contributed by atoms with van der Waals surface area (Å²) in [6.45, 7) is 2.17. The standard InChI is InChI=1S/C10H12N2S/c1-2-3-6-13-10-5-4-9(7-11)8-12-10/h4-5,8H,2-3,6H2,1H3. The van der Waals surface area contributed by atoms with Crippen LogP contribution in [0.3, 0.4) is 0 Å². The van der Waals surface area contributed by atoms with Crippen molar-refractivity contribution in [3.8, 4) is 6.07 Å². The minimum Gasteiger partial charge on any atom is -0.249 e. The molecule has 0 N–H and O–H groups in total. The third-order valence-electron chi connectivity index (χ3n) is 1.61. The van der Waals surface area contributed by atoms with Gasteiger partial charge in [-0.25, -0.2) is 4.98 Å². The molecule has 68 valence electrons. The molecule has 0 bridgehead atoms. The molecule has 0 aliphatic rings. The summed E-state index contributed by atoms with van der Waals surface area (Å²) in [6, 6.07) is 5.76. The smallest absolute Gasteiger partial charge is 0.101 e. The average Bonchev–Trinajstić information content (AvgIpc) is 2.19. The Balaban J connectivity index is 2.46. The highest BCUT2D eigenvalue weighted by Crippen LogP contribution is 2.16. The van der Waals surface area contributed by atoms with Crippen molar-refractivity contribution in [1.29, 1.82) is 5.26 Å². The molecule has 0 saturated carbocycles. The number of nitriles is 1. The molecule has 0 radical (unpaired) electrons. The Hall–Kier alpha value is -1.01. The summed E-state index contributed by atoms with van der Waals surface area (Å²) in [5.74, 6) is 1.11. The number of pyridine rings is 1. The summed E-state index contributed by atoms with van der Waals surface area (Å²) < 4.78 is 0. The summed E-state index contributed by atoms with van der Waals surface area (Å²) in [5, 5.41) is 9.55. The van der Waals surface area contributed by atoms with Gasteiger partial charge in [0.25, 0.3) is 0 Å². The van der Waals surface area contributed by atoms with Crippen molar-refractivity contribution in [2.24, 2.45) is 0 Å². The molecule has 0 unspecified atom stereocenters. The second-order valence-corrected chi connectivity index (χ2v) is 3.81. The molecule has 1 aromatic heterocycles. The van der Waals surface area contributed by atoms with Crippen LogP contribution in [-0.2, 0) is 0 Å². The molecule has 0 atom stereocenters.